The van der Waals surface area contributed by atoms with Crippen molar-refractivity contribution in [2.24, 2.45) is 11.7 Å². The summed E-state index contributed by atoms with van der Waals surface area (Å²) in [6.07, 6.45) is 21.3. The largest absolute Gasteiger partial charge is 0.466 e. The van der Waals surface area contributed by atoms with Crippen molar-refractivity contribution in [2.75, 3.05) is 12.3 Å². The van der Waals surface area contributed by atoms with Crippen molar-refractivity contribution >= 4 is 29.1 Å². The quantitative estimate of drug-likeness (QED) is 0.103. The number of nitrogen functional groups attached to an aromatic ring is 1. The zero-order valence-corrected chi connectivity index (χ0v) is 26.4. The highest BCUT2D eigenvalue weighted by Crippen LogP contribution is 2.16. The number of carbonyl (C=O) groups is 2. The molecule has 0 aliphatic carbocycles. The smallest absolute Gasteiger partial charge is 0.323 e. The molecule has 2 heterocycles. The van der Waals surface area contributed by atoms with Gasteiger partial charge < -0.3 is 25.5 Å². The summed E-state index contributed by atoms with van der Waals surface area (Å²) in [7, 11) is 0. The van der Waals surface area contributed by atoms with Crippen molar-refractivity contribution in [3.05, 3.63) is 12.5 Å². The maximum atomic E-state index is 12.7. The number of rotatable bonds is 24. The van der Waals surface area contributed by atoms with E-state index in [4.69, 9.17) is 20.9 Å². The summed E-state index contributed by atoms with van der Waals surface area (Å²) < 4.78 is 13.1. The van der Waals surface area contributed by atoms with Gasteiger partial charge in [-0.1, -0.05) is 104 Å². The minimum absolute atomic E-state index is 0.00793. The fourth-order valence-electron chi connectivity index (χ4n) is 4.97. The number of nitrogens with two attached hydrogens (primary N) is 2. The maximum absolute atomic E-state index is 12.7. The fraction of sp³-hybridized carbons (Fsp3) is 0.781. The van der Waals surface area contributed by atoms with Crippen molar-refractivity contribution in [1.29, 1.82) is 0 Å². The third-order valence-corrected chi connectivity index (χ3v) is 8.07. The molecular formula is C32H56N6O4. The van der Waals surface area contributed by atoms with Crippen LogP contribution >= 0.6 is 0 Å². The van der Waals surface area contributed by atoms with Crippen LogP contribution in [0.1, 0.15) is 130 Å². The van der Waals surface area contributed by atoms with E-state index in [1.54, 1.807) is 12.5 Å². The molecule has 0 aromatic carbocycles. The third-order valence-electron chi connectivity index (χ3n) is 8.07. The Morgan fingerprint density at radius 2 is 1.52 bits per heavy atom. The number of carbonyl (C=O) groups excluding carboxylic acids is 2. The number of fused-ring (bicyclic) bond motifs is 1. The predicted octanol–water partition coefficient (Wildman–Crippen LogP) is 6.50. The van der Waals surface area contributed by atoms with Gasteiger partial charge in [0.1, 0.15) is 17.7 Å². The Morgan fingerprint density at radius 1 is 0.905 bits per heavy atom. The predicted molar refractivity (Wildman–Crippen MR) is 168 cm³/mol. The zero-order valence-electron chi connectivity index (χ0n) is 26.4. The number of anilines is 1. The highest BCUT2D eigenvalue weighted by molar-refractivity contribution is 5.76. The second kappa shape index (κ2) is 21.0. The number of aromatic nitrogens is 4. The van der Waals surface area contributed by atoms with Gasteiger partial charge in [-0.25, -0.2) is 9.97 Å². The molecule has 10 nitrogen and oxygen atoms in total. The highest BCUT2D eigenvalue weighted by atomic mass is 16.6. The molecule has 2 rings (SSSR count). The fourth-order valence-corrected chi connectivity index (χ4v) is 4.97. The second-order valence-electron chi connectivity index (χ2n) is 11.6. The number of nitrogens with zero attached hydrogens (tertiary/aromatic N) is 4. The van der Waals surface area contributed by atoms with Crippen molar-refractivity contribution in [3.63, 3.8) is 0 Å². The van der Waals surface area contributed by atoms with Crippen LogP contribution in [-0.2, 0) is 25.6 Å². The minimum atomic E-state index is -0.697. The molecule has 0 saturated carbocycles. The summed E-state index contributed by atoms with van der Waals surface area (Å²) in [4.78, 5) is 37.6. The van der Waals surface area contributed by atoms with Crippen LogP contribution < -0.4 is 11.5 Å². The van der Waals surface area contributed by atoms with E-state index in [1.807, 2.05) is 18.4 Å². The Kier molecular flexibility index (Phi) is 17.7. The van der Waals surface area contributed by atoms with E-state index < -0.39 is 18.1 Å². The van der Waals surface area contributed by atoms with Crippen LogP contribution in [0.2, 0.25) is 0 Å². The van der Waals surface area contributed by atoms with Gasteiger partial charge in [-0.05, 0) is 12.3 Å². The molecule has 0 radical (unpaired) electrons. The molecule has 2 aromatic heterocycles. The summed E-state index contributed by atoms with van der Waals surface area (Å²) in [5.74, 6) is -0.460. The van der Waals surface area contributed by atoms with E-state index in [0.29, 0.717) is 37.0 Å². The molecule has 2 unspecified atom stereocenters. The molecule has 10 heteroatoms. The van der Waals surface area contributed by atoms with Crippen LogP contribution in [-0.4, -0.2) is 50.2 Å². The van der Waals surface area contributed by atoms with Crippen molar-refractivity contribution in [3.8, 4) is 0 Å². The van der Waals surface area contributed by atoms with Crippen molar-refractivity contribution in [2.45, 2.75) is 149 Å². The van der Waals surface area contributed by atoms with Gasteiger partial charge in [-0.2, -0.15) is 4.98 Å². The Labute approximate surface area is 252 Å². The van der Waals surface area contributed by atoms with Gasteiger partial charge in [-0.15, -0.1) is 0 Å². The number of esters is 2. The zero-order chi connectivity index (χ0) is 30.6. The van der Waals surface area contributed by atoms with Crippen LogP contribution in [0.4, 0.5) is 5.95 Å². The molecule has 42 heavy (non-hydrogen) atoms. The third kappa shape index (κ3) is 13.9. The normalized spacial score (nSPS) is 13.6. The summed E-state index contributed by atoms with van der Waals surface area (Å²) >= 11 is 0. The monoisotopic (exact) mass is 588 g/mol. The molecule has 0 bridgehead atoms. The van der Waals surface area contributed by atoms with Gasteiger partial charge in [0.25, 0.3) is 0 Å². The van der Waals surface area contributed by atoms with Crippen LogP contribution in [0.5, 0.6) is 0 Å². The standard InChI is InChI=1S/C32H56N6O4/c1-4-6-7-8-9-10-11-12-13-14-15-16-17-18-28(39)41-22-20-26(42-31(40)29(33)25(3)5-2)19-21-38-24-36-27-23-35-32(34)37-30(27)38/h23-26,29H,4-22,33H2,1-3H3,(H2,34,35,37)/t25?,26?,29-/m0/s1. The number of aryl methyl sites for hydroxylation is 1. The molecule has 0 aliphatic heterocycles. The number of imidazole rings is 1. The molecule has 0 amide bonds. The van der Waals surface area contributed by atoms with Gasteiger partial charge in [0.05, 0.1) is 19.1 Å². The molecule has 4 N–H and O–H groups in total. The average molecular weight is 589 g/mol. The van der Waals surface area contributed by atoms with Gasteiger partial charge in [0.15, 0.2) is 5.65 Å². The summed E-state index contributed by atoms with van der Waals surface area (Å²) in [6, 6.07) is -0.697. The minimum Gasteiger partial charge on any atom is -0.466 e. The molecule has 0 spiro atoms. The first-order valence-electron chi connectivity index (χ1n) is 16.4. The Bertz CT molecular complexity index is 1030. The van der Waals surface area contributed by atoms with Crippen LogP contribution in [0, 0.1) is 5.92 Å². The first-order valence-corrected chi connectivity index (χ1v) is 16.4. The molecular weight excluding hydrogens is 532 g/mol. The van der Waals surface area contributed by atoms with Crippen LogP contribution in [0.3, 0.4) is 0 Å². The number of hydrogen-bond acceptors (Lipinski definition) is 9. The summed E-state index contributed by atoms with van der Waals surface area (Å²) in [6.45, 7) is 6.86. The number of ether oxygens (including phenoxy) is 2. The second-order valence-corrected chi connectivity index (χ2v) is 11.6. The van der Waals surface area contributed by atoms with E-state index in [0.717, 1.165) is 25.7 Å². The molecule has 238 valence electrons. The van der Waals surface area contributed by atoms with E-state index in [9.17, 15) is 9.59 Å². The topological polar surface area (TPSA) is 148 Å². The number of unbranched alkanes of at least 4 members (excludes halogenated alkanes) is 12. The Morgan fingerprint density at radius 3 is 2.14 bits per heavy atom. The van der Waals surface area contributed by atoms with E-state index in [1.165, 1.54) is 64.2 Å². The molecule has 0 aliphatic rings. The van der Waals surface area contributed by atoms with Crippen molar-refractivity contribution < 1.29 is 19.1 Å². The van der Waals surface area contributed by atoms with Crippen LogP contribution in [0.25, 0.3) is 11.2 Å². The van der Waals surface area contributed by atoms with Gasteiger partial charge in [0.2, 0.25) is 5.95 Å². The van der Waals surface area contributed by atoms with Crippen molar-refractivity contribution in [1.82, 2.24) is 19.5 Å². The van der Waals surface area contributed by atoms with E-state index in [-0.39, 0.29) is 24.4 Å². The lowest BCUT2D eigenvalue weighted by molar-refractivity contribution is -0.154. The lowest BCUT2D eigenvalue weighted by Crippen LogP contribution is -2.40. The highest BCUT2D eigenvalue weighted by Gasteiger charge is 2.25. The van der Waals surface area contributed by atoms with Crippen LogP contribution in [0.15, 0.2) is 12.5 Å². The Balaban J connectivity index is 1.68. The lowest BCUT2D eigenvalue weighted by atomic mass is 10.0. The lowest BCUT2D eigenvalue weighted by Gasteiger charge is -2.23. The summed E-state index contributed by atoms with van der Waals surface area (Å²) in [5.41, 5.74) is 13.1. The van der Waals surface area contributed by atoms with E-state index >= 15 is 0 Å². The molecule has 0 fully saturated rings. The number of hydrogen-bond donors (Lipinski definition) is 2. The van der Waals surface area contributed by atoms with E-state index in [2.05, 4.69) is 21.9 Å². The van der Waals surface area contributed by atoms with Gasteiger partial charge in [-0.3, -0.25) is 9.59 Å². The Hall–Kier alpha value is -2.75. The first kappa shape index (κ1) is 35.4. The molecule has 2 aromatic rings. The van der Waals surface area contributed by atoms with Gasteiger partial charge >= 0.3 is 11.9 Å². The first-order chi connectivity index (χ1) is 20.3. The summed E-state index contributed by atoms with van der Waals surface area (Å²) in [5, 5.41) is 0. The van der Waals surface area contributed by atoms with Gasteiger partial charge in [0, 0.05) is 25.8 Å². The SMILES string of the molecule is CCCCCCCCCCCCCCCC(=O)OCCC(CCn1cnc2cnc(N)nc21)OC(=O)[C@@H](N)C(C)CC. The molecule has 0 saturated heterocycles. The molecule has 3 atom stereocenters. The average Bonchev–Trinajstić information content (AvgIpc) is 3.39. The maximum Gasteiger partial charge on any atom is 0.323 e.